The average molecular weight is 517 g/mol. The molecular formula is C24H28N4O5S2. The Labute approximate surface area is 209 Å². The number of ether oxygens (including phenoxy) is 1. The zero-order chi connectivity index (χ0) is 25.6. The van der Waals surface area contributed by atoms with Gasteiger partial charge in [-0.05, 0) is 38.8 Å². The number of amides is 1. The topological polar surface area (TPSA) is 127 Å². The van der Waals surface area contributed by atoms with Gasteiger partial charge in [0.05, 0.1) is 0 Å². The van der Waals surface area contributed by atoms with Crippen LogP contribution >= 0.6 is 11.3 Å². The molecule has 0 saturated carbocycles. The van der Waals surface area contributed by atoms with Crippen LogP contribution in [0.1, 0.15) is 42.9 Å². The number of hydrogen-bond donors (Lipinski definition) is 2. The molecule has 0 radical (unpaired) electrons. The number of hydrogen-bond acceptors (Lipinski definition) is 8. The van der Waals surface area contributed by atoms with Crippen molar-refractivity contribution in [1.82, 2.24) is 20.2 Å². The predicted octanol–water partition coefficient (Wildman–Crippen LogP) is 2.94. The van der Waals surface area contributed by atoms with E-state index >= 15 is 0 Å². The summed E-state index contributed by atoms with van der Waals surface area (Å²) in [6, 6.07) is 15.2. The van der Waals surface area contributed by atoms with Crippen LogP contribution in [0.5, 0.6) is 0 Å². The highest BCUT2D eigenvalue weighted by atomic mass is 32.2. The second kappa shape index (κ2) is 11.1. The fourth-order valence-electron chi connectivity index (χ4n) is 3.18. The zero-order valence-corrected chi connectivity index (χ0v) is 21.5. The maximum absolute atomic E-state index is 13.5. The summed E-state index contributed by atoms with van der Waals surface area (Å²) in [6.45, 7) is 6.83. The molecule has 0 aliphatic heterocycles. The third kappa shape index (κ3) is 7.67. The van der Waals surface area contributed by atoms with Crippen LogP contribution in [0.3, 0.4) is 0 Å². The molecule has 2 atom stereocenters. The number of aryl methyl sites for hydroxylation is 1. The molecule has 0 spiro atoms. The molecular weight excluding hydrogens is 488 g/mol. The van der Waals surface area contributed by atoms with E-state index in [4.69, 9.17) is 4.74 Å². The van der Waals surface area contributed by atoms with Crippen LogP contribution in [0.2, 0.25) is 0 Å². The highest BCUT2D eigenvalue weighted by Crippen LogP contribution is 2.21. The lowest BCUT2D eigenvalue weighted by Gasteiger charge is -2.26. The largest absolute Gasteiger partial charge is 0.458 e. The number of carbonyl (C=O) groups excluding carboxylic acids is 2. The molecule has 3 aromatic rings. The fraction of sp³-hybridized carbons (Fsp3) is 0.333. The monoisotopic (exact) mass is 516 g/mol. The van der Waals surface area contributed by atoms with E-state index in [0.29, 0.717) is 10.6 Å². The Morgan fingerprint density at radius 3 is 2.14 bits per heavy atom. The Morgan fingerprint density at radius 2 is 1.60 bits per heavy atom. The van der Waals surface area contributed by atoms with Crippen LogP contribution in [0.15, 0.2) is 65.0 Å². The van der Waals surface area contributed by atoms with Gasteiger partial charge in [-0.25, -0.2) is 13.2 Å². The molecule has 0 aliphatic carbocycles. The summed E-state index contributed by atoms with van der Waals surface area (Å²) >= 11 is 0.892. The lowest BCUT2D eigenvalue weighted by molar-refractivity contribution is -0.158. The smallest absolute Gasteiger partial charge is 0.329 e. The molecule has 3 rings (SSSR count). The number of aromatic nitrogens is 2. The van der Waals surface area contributed by atoms with Gasteiger partial charge in [-0.3, -0.25) is 4.79 Å². The van der Waals surface area contributed by atoms with Crippen molar-refractivity contribution in [3.8, 4) is 0 Å². The Morgan fingerprint density at radius 1 is 1.00 bits per heavy atom. The molecule has 0 fully saturated rings. The van der Waals surface area contributed by atoms with Crippen LogP contribution in [0.25, 0.3) is 0 Å². The van der Waals surface area contributed by atoms with Crippen molar-refractivity contribution in [3.05, 3.63) is 76.8 Å². The maximum atomic E-state index is 13.5. The molecule has 2 aromatic carbocycles. The Kier molecular flexibility index (Phi) is 8.36. The molecule has 0 aliphatic rings. The van der Waals surface area contributed by atoms with Gasteiger partial charge < -0.3 is 10.1 Å². The minimum atomic E-state index is -4.16. The van der Waals surface area contributed by atoms with E-state index in [-0.39, 0.29) is 10.8 Å². The third-order valence-corrected chi connectivity index (χ3v) is 7.32. The van der Waals surface area contributed by atoms with Gasteiger partial charge in [0.15, 0.2) is 0 Å². The fourth-order valence-corrected chi connectivity index (χ4v) is 5.35. The second-order valence-corrected chi connectivity index (χ2v) is 11.9. The summed E-state index contributed by atoms with van der Waals surface area (Å²) in [5.41, 5.74) is 0.439. The number of carbonyl (C=O) groups is 2. The standard InChI is InChI=1S/C24H28N4O5S2/c1-16-26-27-23(34-16)35(31,32)28-20(18-13-9-6-10-14-18)21(29)25-19(22(30)33-24(2,3)4)15-17-11-7-5-8-12-17/h5-14,19-20,28H,15H2,1-4H3,(H,25,29)/t19-,20-/m0/s1. The van der Waals surface area contributed by atoms with Crippen molar-refractivity contribution in [3.63, 3.8) is 0 Å². The quantitative estimate of drug-likeness (QED) is 0.419. The lowest BCUT2D eigenvalue weighted by atomic mass is 10.0. The SMILES string of the molecule is Cc1nnc(S(=O)(=O)N[C@H](C(=O)N[C@@H](Cc2ccccc2)C(=O)OC(C)(C)C)c2ccccc2)s1. The Hall–Kier alpha value is -3.15. The van der Waals surface area contributed by atoms with Crippen molar-refractivity contribution in [2.24, 2.45) is 0 Å². The minimum absolute atomic E-state index is 0.172. The van der Waals surface area contributed by atoms with Crippen molar-refractivity contribution < 1.29 is 22.7 Å². The van der Waals surface area contributed by atoms with E-state index in [0.717, 1.165) is 16.9 Å². The second-order valence-electron chi connectivity index (χ2n) is 8.84. The van der Waals surface area contributed by atoms with Crippen molar-refractivity contribution in [1.29, 1.82) is 0 Å². The van der Waals surface area contributed by atoms with Gasteiger partial charge in [0, 0.05) is 6.42 Å². The molecule has 0 saturated heterocycles. The number of nitrogens with zero attached hydrogens (tertiary/aromatic N) is 2. The first-order valence-electron chi connectivity index (χ1n) is 10.9. The lowest BCUT2D eigenvalue weighted by Crippen LogP contribution is -2.49. The van der Waals surface area contributed by atoms with Gasteiger partial charge in [0.1, 0.15) is 22.7 Å². The Bertz CT molecular complexity index is 1260. The first-order chi connectivity index (χ1) is 16.4. The number of rotatable bonds is 9. The maximum Gasteiger partial charge on any atom is 0.329 e. The summed E-state index contributed by atoms with van der Waals surface area (Å²) in [5, 5.41) is 10.6. The van der Waals surface area contributed by atoms with E-state index in [1.165, 1.54) is 0 Å². The molecule has 186 valence electrons. The van der Waals surface area contributed by atoms with Crippen LogP contribution in [0.4, 0.5) is 0 Å². The van der Waals surface area contributed by atoms with Crippen molar-refractivity contribution in [2.75, 3.05) is 0 Å². The number of benzene rings is 2. The number of nitrogens with one attached hydrogen (secondary N) is 2. The third-order valence-electron chi connectivity index (χ3n) is 4.70. The molecule has 0 bridgehead atoms. The summed E-state index contributed by atoms with van der Waals surface area (Å²) in [6.07, 6.45) is 0.172. The van der Waals surface area contributed by atoms with Gasteiger partial charge in [-0.2, -0.15) is 4.72 Å². The van der Waals surface area contributed by atoms with Crippen molar-refractivity contribution in [2.45, 2.75) is 56.1 Å². The highest BCUT2D eigenvalue weighted by Gasteiger charge is 2.33. The molecule has 2 N–H and O–H groups in total. The molecule has 0 unspecified atom stereocenters. The van der Waals surface area contributed by atoms with Gasteiger partial charge in [0.25, 0.3) is 10.0 Å². The predicted molar refractivity (Wildman–Crippen MR) is 132 cm³/mol. The van der Waals surface area contributed by atoms with Gasteiger partial charge in [0.2, 0.25) is 10.2 Å². The van der Waals surface area contributed by atoms with Crippen LogP contribution < -0.4 is 10.0 Å². The molecule has 35 heavy (non-hydrogen) atoms. The summed E-state index contributed by atoms with van der Waals surface area (Å²) in [7, 11) is -4.16. The average Bonchev–Trinajstić information content (AvgIpc) is 3.24. The number of esters is 1. The van der Waals surface area contributed by atoms with E-state index in [9.17, 15) is 18.0 Å². The Balaban J connectivity index is 1.90. The summed E-state index contributed by atoms with van der Waals surface area (Å²) in [4.78, 5) is 26.4. The molecule has 1 heterocycles. The first kappa shape index (κ1) is 26.5. The van der Waals surface area contributed by atoms with E-state index in [1.54, 1.807) is 58.0 Å². The summed E-state index contributed by atoms with van der Waals surface area (Å²) in [5.74, 6) is -1.32. The normalized spacial score (nSPS) is 13.6. The van der Waals surface area contributed by atoms with E-state index < -0.39 is 39.6 Å². The molecule has 9 nitrogen and oxygen atoms in total. The van der Waals surface area contributed by atoms with Gasteiger partial charge in [-0.1, -0.05) is 72.0 Å². The summed E-state index contributed by atoms with van der Waals surface area (Å²) < 4.78 is 33.6. The van der Waals surface area contributed by atoms with Crippen molar-refractivity contribution >= 4 is 33.2 Å². The number of sulfonamides is 1. The minimum Gasteiger partial charge on any atom is -0.458 e. The zero-order valence-electron chi connectivity index (χ0n) is 19.9. The molecule has 11 heteroatoms. The van der Waals surface area contributed by atoms with Gasteiger partial charge in [-0.15, -0.1) is 10.2 Å². The van der Waals surface area contributed by atoms with Crippen LogP contribution in [-0.2, 0) is 30.8 Å². The molecule has 1 aromatic heterocycles. The van der Waals surface area contributed by atoms with E-state index in [1.807, 2.05) is 30.3 Å². The molecule has 1 amide bonds. The van der Waals surface area contributed by atoms with Crippen LogP contribution in [-0.4, -0.2) is 42.1 Å². The van der Waals surface area contributed by atoms with Crippen LogP contribution in [0, 0.1) is 6.92 Å². The first-order valence-corrected chi connectivity index (χ1v) is 13.2. The van der Waals surface area contributed by atoms with Gasteiger partial charge >= 0.3 is 5.97 Å². The highest BCUT2D eigenvalue weighted by molar-refractivity contribution is 7.91. The van der Waals surface area contributed by atoms with E-state index in [2.05, 4.69) is 20.2 Å².